The van der Waals surface area contributed by atoms with Crippen LogP contribution in [0, 0.1) is 6.92 Å². The minimum absolute atomic E-state index is 0.0178. The lowest BCUT2D eigenvalue weighted by Crippen LogP contribution is -2.22. The summed E-state index contributed by atoms with van der Waals surface area (Å²) in [6.07, 6.45) is 7.54. The highest BCUT2D eigenvalue weighted by Crippen LogP contribution is 2.33. The van der Waals surface area contributed by atoms with Gasteiger partial charge in [-0.25, -0.2) is 9.67 Å². The zero-order chi connectivity index (χ0) is 20.0. The standard InChI is InChI=1S/C21H20ClN5O/c1-12(2)26-11-16(10-18(22)21(26)28)17-9-15-6-5-13(3)23-19(15)24-20(17)27-8-7-14(4)25-27/h5-12H,3H2,1-2,4H3,(H,23,24). The molecule has 1 aliphatic heterocycles. The van der Waals surface area contributed by atoms with Crippen LogP contribution in [0.15, 0.2) is 53.7 Å². The zero-order valence-corrected chi connectivity index (χ0v) is 16.7. The topological polar surface area (TPSA) is 64.7 Å². The summed E-state index contributed by atoms with van der Waals surface area (Å²) in [5.74, 6) is 1.36. The number of hydrogen-bond donors (Lipinski definition) is 1. The maximum absolute atomic E-state index is 12.4. The molecule has 28 heavy (non-hydrogen) atoms. The van der Waals surface area contributed by atoms with E-state index in [4.69, 9.17) is 16.6 Å². The van der Waals surface area contributed by atoms with Crippen LogP contribution in [0.3, 0.4) is 0 Å². The molecule has 1 N–H and O–H groups in total. The van der Waals surface area contributed by atoms with Crippen molar-refractivity contribution in [3.63, 3.8) is 0 Å². The Balaban J connectivity index is 2.00. The van der Waals surface area contributed by atoms with E-state index in [0.717, 1.165) is 28.1 Å². The number of pyridine rings is 2. The number of fused-ring (bicyclic) bond motifs is 1. The van der Waals surface area contributed by atoms with Gasteiger partial charge in [0, 0.05) is 40.8 Å². The number of rotatable bonds is 3. The van der Waals surface area contributed by atoms with Crippen LogP contribution in [-0.4, -0.2) is 19.3 Å². The first-order valence-corrected chi connectivity index (χ1v) is 9.35. The van der Waals surface area contributed by atoms with Crippen molar-refractivity contribution in [3.05, 3.63) is 75.6 Å². The minimum atomic E-state index is -0.208. The van der Waals surface area contributed by atoms with Crippen LogP contribution in [0.2, 0.25) is 5.02 Å². The second-order valence-corrected chi connectivity index (χ2v) is 7.47. The third-order valence-electron chi connectivity index (χ3n) is 4.58. The molecule has 3 aromatic rings. The zero-order valence-electron chi connectivity index (χ0n) is 15.9. The highest BCUT2D eigenvalue weighted by molar-refractivity contribution is 6.30. The molecule has 142 valence electrons. The first kappa shape index (κ1) is 18.3. The molecule has 0 saturated heterocycles. The molecule has 3 aromatic heterocycles. The average Bonchev–Trinajstić information content (AvgIpc) is 3.08. The van der Waals surface area contributed by atoms with E-state index in [1.165, 1.54) is 0 Å². The first-order valence-electron chi connectivity index (χ1n) is 8.97. The third kappa shape index (κ3) is 3.16. The van der Waals surface area contributed by atoms with E-state index < -0.39 is 0 Å². The van der Waals surface area contributed by atoms with Gasteiger partial charge in [-0.15, -0.1) is 0 Å². The lowest BCUT2D eigenvalue weighted by Gasteiger charge is -2.19. The van der Waals surface area contributed by atoms with Gasteiger partial charge in [0.1, 0.15) is 10.8 Å². The quantitative estimate of drug-likeness (QED) is 0.706. The Hall–Kier alpha value is -3.12. The van der Waals surface area contributed by atoms with Gasteiger partial charge < -0.3 is 9.88 Å². The summed E-state index contributed by atoms with van der Waals surface area (Å²) in [4.78, 5) is 17.2. The van der Waals surface area contributed by atoms with Crippen molar-refractivity contribution in [1.29, 1.82) is 0 Å². The maximum Gasteiger partial charge on any atom is 0.269 e. The molecular weight excluding hydrogens is 374 g/mol. The van der Waals surface area contributed by atoms with Crippen molar-refractivity contribution >= 4 is 23.5 Å². The number of nitrogens with zero attached hydrogens (tertiary/aromatic N) is 4. The molecule has 0 unspecified atom stereocenters. The molecule has 0 spiro atoms. The number of anilines is 1. The van der Waals surface area contributed by atoms with E-state index in [1.54, 1.807) is 15.3 Å². The van der Waals surface area contributed by atoms with Gasteiger partial charge in [-0.05, 0) is 51.1 Å². The van der Waals surface area contributed by atoms with Crippen LogP contribution in [-0.2, 0) is 0 Å². The summed E-state index contributed by atoms with van der Waals surface area (Å²) in [5, 5.41) is 7.88. The maximum atomic E-state index is 12.4. The van der Waals surface area contributed by atoms with Gasteiger partial charge in [0.25, 0.3) is 5.56 Å². The normalized spacial score (nSPS) is 13.0. The van der Waals surface area contributed by atoms with Crippen molar-refractivity contribution < 1.29 is 0 Å². The Morgan fingerprint density at radius 2 is 2.04 bits per heavy atom. The smallest absolute Gasteiger partial charge is 0.269 e. The highest BCUT2D eigenvalue weighted by Gasteiger charge is 2.19. The monoisotopic (exact) mass is 393 g/mol. The Labute approximate surface area is 167 Å². The Morgan fingerprint density at radius 3 is 2.71 bits per heavy atom. The molecule has 0 aromatic carbocycles. The van der Waals surface area contributed by atoms with Crippen LogP contribution in [0.4, 0.5) is 5.82 Å². The van der Waals surface area contributed by atoms with E-state index in [1.807, 2.05) is 57.4 Å². The molecule has 0 amide bonds. The SMILES string of the molecule is C=C1C=Cc2cc(-c3cc(Cl)c(=O)n(C(C)C)c3)c(-n3ccc(C)n3)nc2N1. The molecule has 0 saturated carbocycles. The molecular formula is C21H20ClN5O. The van der Waals surface area contributed by atoms with E-state index in [9.17, 15) is 4.79 Å². The van der Waals surface area contributed by atoms with Crippen molar-refractivity contribution in [2.45, 2.75) is 26.8 Å². The van der Waals surface area contributed by atoms with E-state index in [2.05, 4.69) is 17.0 Å². The van der Waals surface area contributed by atoms with Gasteiger partial charge >= 0.3 is 0 Å². The lowest BCUT2D eigenvalue weighted by atomic mass is 10.0. The number of nitrogens with one attached hydrogen (secondary N) is 1. The number of aromatic nitrogens is 4. The number of hydrogen-bond acceptors (Lipinski definition) is 4. The average molecular weight is 394 g/mol. The molecule has 4 heterocycles. The van der Waals surface area contributed by atoms with Crippen molar-refractivity contribution in [1.82, 2.24) is 19.3 Å². The fourth-order valence-electron chi connectivity index (χ4n) is 3.15. The predicted octanol–water partition coefficient (Wildman–Crippen LogP) is 4.59. The van der Waals surface area contributed by atoms with Crippen LogP contribution in [0.1, 0.15) is 31.1 Å². The van der Waals surface area contributed by atoms with Gasteiger partial charge in [0.15, 0.2) is 5.82 Å². The lowest BCUT2D eigenvalue weighted by molar-refractivity contribution is 0.579. The van der Waals surface area contributed by atoms with E-state index in [-0.39, 0.29) is 16.6 Å². The molecule has 0 aliphatic carbocycles. The van der Waals surface area contributed by atoms with Gasteiger partial charge in [0.05, 0.1) is 5.69 Å². The molecule has 4 rings (SSSR count). The van der Waals surface area contributed by atoms with Crippen LogP contribution in [0.5, 0.6) is 0 Å². The number of allylic oxidation sites excluding steroid dienone is 1. The van der Waals surface area contributed by atoms with Gasteiger partial charge in [0.2, 0.25) is 0 Å². The Kier molecular flexibility index (Phi) is 4.43. The summed E-state index contributed by atoms with van der Waals surface area (Å²) in [6, 6.07) is 5.60. The number of halogens is 1. The summed E-state index contributed by atoms with van der Waals surface area (Å²) in [7, 11) is 0. The molecule has 1 aliphatic rings. The third-order valence-corrected chi connectivity index (χ3v) is 4.85. The van der Waals surface area contributed by atoms with Crippen LogP contribution >= 0.6 is 11.6 Å². The van der Waals surface area contributed by atoms with Crippen LogP contribution in [0.25, 0.3) is 23.0 Å². The fourth-order valence-corrected chi connectivity index (χ4v) is 3.36. The van der Waals surface area contributed by atoms with Crippen molar-refractivity contribution in [2.75, 3.05) is 5.32 Å². The molecule has 0 atom stereocenters. The second kappa shape index (κ2) is 6.80. The van der Waals surface area contributed by atoms with E-state index in [0.29, 0.717) is 11.6 Å². The highest BCUT2D eigenvalue weighted by atomic mass is 35.5. The Bertz CT molecular complexity index is 1190. The summed E-state index contributed by atoms with van der Waals surface area (Å²) in [6.45, 7) is 9.75. The predicted molar refractivity (Wildman–Crippen MR) is 113 cm³/mol. The fraction of sp³-hybridized carbons (Fsp3) is 0.190. The summed E-state index contributed by atoms with van der Waals surface area (Å²) in [5.41, 5.74) is 4.00. The van der Waals surface area contributed by atoms with Crippen molar-refractivity contribution in [3.8, 4) is 16.9 Å². The summed E-state index contributed by atoms with van der Waals surface area (Å²) < 4.78 is 3.36. The second-order valence-electron chi connectivity index (χ2n) is 7.07. The molecule has 7 heteroatoms. The molecule has 0 bridgehead atoms. The first-order chi connectivity index (χ1) is 13.3. The molecule has 6 nitrogen and oxygen atoms in total. The van der Waals surface area contributed by atoms with E-state index >= 15 is 0 Å². The largest absolute Gasteiger partial charge is 0.340 e. The summed E-state index contributed by atoms with van der Waals surface area (Å²) >= 11 is 6.26. The van der Waals surface area contributed by atoms with Crippen molar-refractivity contribution in [2.24, 2.45) is 0 Å². The molecule has 0 radical (unpaired) electrons. The van der Waals surface area contributed by atoms with Gasteiger partial charge in [-0.3, -0.25) is 4.79 Å². The van der Waals surface area contributed by atoms with Gasteiger partial charge in [-0.2, -0.15) is 5.10 Å². The van der Waals surface area contributed by atoms with Crippen LogP contribution < -0.4 is 10.9 Å². The number of aryl methyl sites for hydroxylation is 1. The molecule has 0 fully saturated rings. The Morgan fingerprint density at radius 1 is 1.25 bits per heavy atom. The minimum Gasteiger partial charge on any atom is -0.340 e. The van der Waals surface area contributed by atoms with Gasteiger partial charge in [-0.1, -0.05) is 18.2 Å².